The van der Waals surface area contributed by atoms with E-state index in [4.69, 9.17) is 0 Å². The molecular formula is C18H23NO. The van der Waals surface area contributed by atoms with Gasteiger partial charge >= 0.3 is 0 Å². The summed E-state index contributed by atoms with van der Waals surface area (Å²) in [5.74, 6) is 0. The minimum atomic E-state index is 0.0601. The van der Waals surface area contributed by atoms with Crippen LogP contribution in [0.2, 0.25) is 0 Å². The Morgan fingerprint density at radius 1 is 1.20 bits per heavy atom. The van der Waals surface area contributed by atoms with E-state index < -0.39 is 0 Å². The molecule has 1 aliphatic heterocycles. The third kappa shape index (κ3) is 1.43. The van der Waals surface area contributed by atoms with E-state index in [0.717, 1.165) is 19.4 Å². The number of hydrogen-bond acceptors (Lipinski definition) is 1. The highest BCUT2D eigenvalue weighted by Gasteiger charge is 2.38. The van der Waals surface area contributed by atoms with E-state index in [1.54, 1.807) is 0 Å². The Morgan fingerprint density at radius 2 is 2.00 bits per heavy atom. The molecule has 1 N–H and O–H groups in total. The summed E-state index contributed by atoms with van der Waals surface area (Å²) in [6.07, 6.45) is 5.98. The van der Waals surface area contributed by atoms with E-state index in [2.05, 4.69) is 30.5 Å². The summed E-state index contributed by atoms with van der Waals surface area (Å²) in [5.41, 5.74) is 7.25. The highest BCUT2D eigenvalue weighted by atomic mass is 16.3. The lowest BCUT2D eigenvalue weighted by atomic mass is 9.64. The summed E-state index contributed by atoms with van der Waals surface area (Å²) in [7, 11) is 0. The van der Waals surface area contributed by atoms with Crippen LogP contribution < -0.4 is 0 Å². The van der Waals surface area contributed by atoms with Gasteiger partial charge in [0.25, 0.3) is 0 Å². The number of aliphatic hydroxyl groups excluding tert-OH is 1. The molecule has 0 spiro atoms. The van der Waals surface area contributed by atoms with Crippen LogP contribution in [-0.4, -0.2) is 16.3 Å². The van der Waals surface area contributed by atoms with E-state index in [9.17, 15) is 5.11 Å². The molecule has 0 radical (unpaired) electrons. The molecule has 2 heteroatoms. The van der Waals surface area contributed by atoms with Gasteiger partial charge in [-0.1, -0.05) is 12.5 Å². The third-order valence-corrected chi connectivity index (χ3v) is 5.86. The summed E-state index contributed by atoms with van der Waals surface area (Å²) >= 11 is 0. The van der Waals surface area contributed by atoms with Gasteiger partial charge in [0.2, 0.25) is 0 Å². The van der Waals surface area contributed by atoms with Crippen molar-refractivity contribution in [3.8, 4) is 0 Å². The quantitative estimate of drug-likeness (QED) is 0.885. The lowest BCUT2D eigenvalue weighted by molar-refractivity contribution is 0.120. The van der Waals surface area contributed by atoms with Gasteiger partial charge in [0, 0.05) is 23.0 Å². The zero-order chi connectivity index (χ0) is 13.9. The first kappa shape index (κ1) is 12.5. The molecule has 0 atom stereocenters. The van der Waals surface area contributed by atoms with E-state index >= 15 is 0 Å². The van der Waals surface area contributed by atoms with Gasteiger partial charge in [0.05, 0.1) is 12.1 Å². The number of rotatable bonds is 2. The van der Waals surface area contributed by atoms with Crippen LogP contribution in [0.3, 0.4) is 0 Å². The number of hydrogen-bond donors (Lipinski definition) is 1. The first-order chi connectivity index (χ1) is 9.66. The van der Waals surface area contributed by atoms with Crippen molar-refractivity contribution in [1.29, 1.82) is 0 Å². The van der Waals surface area contributed by atoms with Crippen molar-refractivity contribution in [2.24, 2.45) is 0 Å². The zero-order valence-electron chi connectivity index (χ0n) is 12.5. The number of benzene rings is 1. The van der Waals surface area contributed by atoms with Crippen molar-refractivity contribution < 1.29 is 5.11 Å². The normalized spacial score (nSPS) is 20.1. The van der Waals surface area contributed by atoms with Gasteiger partial charge in [-0.2, -0.15) is 0 Å². The van der Waals surface area contributed by atoms with Crippen LogP contribution in [0, 0.1) is 13.8 Å². The van der Waals surface area contributed by atoms with E-state index in [0.29, 0.717) is 6.61 Å². The molecular weight excluding hydrogens is 246 g/mol. The molecule has 0 bridgehead atoms. The highest BCUT2D eigenvalue weighted by molar-refractivity contribution is 5.89. The van der Waals surface area contributed by atoms with Gasteiger partial charge in [0.15, 0.2) is 0 Å². The molecule has 4 rings (SSSR count). The van der Waals surface area contributed by atoms with Gasteiger partial charge in [-0.15, -0.1) is 0 Å². The second-order valence-corrected chi connectivity index (χ2v) is 6.79. The Hall–Kier alpha value is -1.28. The monoisotopic (exact) mass is 269 g/mol. The summed E-state index contributed by atoms with van der Waals surface area (Å²) < 4.78 is 2.50. The molecule has 0 amide bonds. The van der Waals surface area contributed by atoms with Crippen molar-refractivity contribution in [1.82, 2.24) is 4.57 Å². The average Bonchev–Trinajstić information content (AvgIpc) is 2.66. The van der Waals surface area contributed by atoms with Crippen molar-refractivity contribution >= 4 is 10.9 Å². The predicted molar refractivity (Wildman–Crippen MR) is 82.3 cm³/mol. The van der Waals surface area contributed by atoms with Gasteiger partial charge < -0.3 is 9.67 Å². The van der Waals surface area contributed by atoms with Gasteiger partial charge in [-0.05, 0) is 62.3 Å². The minimum absolute atomic E-state index is 0.0601. The van der Waals surface area contributed by atoms with Crippen molar-refractivity contribution in [3.05, 3.63) is 34.5 Å². The van der Waals surface area contributed by atoms with Crippen molar-refractivity contribution in [2.45, 2.75) is 57.9 Å². The summed E-state index contributed by atoms with van der Waals surface area (Å²) in [5, 5.41) is 11.3. The molecule has 2 aromatic rings. The standard InChI is InChI=1S/C18H23NO/c1-12-13(2)19-8-3-5-14-9-15(10-16(12)17(14)19)18(11-20)6-4-7-18/h9-10,20H,3-8,11H2,1-2H3. The first-order valence-corrected chi connectivity index (χ1v) is 7.90. The average molecular weight is 269 g/mol. The topological polar surface area (TPSA) is 25.2 Å². The maximum Gasteiger partial charge on any atom is 0.0527 e. The number of aliphatic hydroxyl groups is 1. The summed E-state index contributed by atoms with van der Waals surface area (Å²) in [4.78, 5) is 0. The zero-order valence-corrected chi connectivity index (χ0v) is 12.5. The second kappa shape index (κ2) is 4.11. The van der Waals surface area contributed by atoms with Gasteiger partial charge in [-0.25, -0.2) is 0 Å². The maximum atomic E-state index is 9.86. The molecule has 0 saturated heterocycles. The van der Waals surface area contributed by atoms with Gasteiger partial charge in [-0.3, -0.25) is 0 Å². The van der Waals surface area contributed by atoms with Crippen LogP contribution in [0.4, 0.5) is 0 Å². The first-order valence-electron chi connectivity index (χ1n) is 7.90. The van der Waals surface area contributed by atoms with Gasteiger partial charge in [0.1, 0.15) is 0 Å². The van der Waals surface area contributed by atoms with Crippen LogP contribution in [0.5, 0.6) is 0 Å². The molecule has 1 saturated carbocycles. The number of aryl methyl sites for hydroxylation is 3. The van der Waals surface area contributed by atoms with Crippen LogP contribution >= 0.6 is 0 Å². The molecule has 1 fully saturated rings. The lowest BCUT2D eigenvalue weighted by Crippen LogP contribution is -2.38. The fourth-order valence-electron chi connectivity index (χ4n) is 4.21. The minimum Gasteiger partial charge on any atom is -0.395 e. The van der Waals surface area contributed by atoms with E-state index in [-0.39, 0.29) is 5.41 Å². The fraction of sp³-hybridized carbons (Fsp3) is 0.556. The summed E-state index contributed by atoms with van der Waals surface area (Å²) in [6, 6.07) is 4.77. The smallest absolute Gasteiger partial charge is 0.0527 e. The molecule has 2 aliphatic rings. The molecule has 2 nitrogen and oxygen atoms in total. The largest absolute Gasteiger partial charge is 0.395 e. The SMILES string of the molecule is Cc1c(C)n2c3c(cc(C4(CO)CCC4)cc13)CCC2. The maximum absolute atomic E-state index is 9.86. The predicted octanol–water partition coefficient (Wildman–Crippen LogP) is 3.62. The Labute approximate surface area is 120 Å². The Kier molecular flexibility index (Phi) is 2.56. The number of nitrogens with zero attached hydrogens (tertiary/aromatic N) is 1. The lowest BCUT2D eigenvalue weighted by Gasteiger charge is -2.41. The van der Waals surface area contributed by atoms with E-state index in [1.165, 1.54) is 52.5 Å². The third-order valence-electron chi connectivity index (χ3n) is 5.86. The molecule has 1 aromatic carbocycles. The molecule has 1 aromatic heterocycles. The fourth-order valence-corrected chi connectivity index (χ4v) is 4.21. The molecule has 20 heavy (non-hydrogen) atoms. The van der Waals surface area contributed by atoms with Crippen molar-refractivity contribution in [3.63, 3.8) is 0 Å². The Bertz CT molecular complexity index is 686. The molecule has 106 valence electrons. The van der Waals surface area contributed by atoms with Crippen LogP contribution in [0.25, 0.3) is 10.9 Å². The molecule has 1 aliphatic carbocycles. The van der Waals surface area contributed by atoms with Crippen molar-refractivity contribution in [2.75, 3.05) is 6.61 Å². The number of aromatic nitrogens is 1. The van der Waals surface area contributed by atoms with Crippen LogP contribution in [0.1, 0.15) is 48.1 Å². The molecule has 2 heterocycles. The Balaban J connectivity index is 2.01. The molecule has 0 unspecified atom stereocenters. The van der Waals surface area contributed by atoms with Crippen LogP contribution in [-0.2, 0) is 18.4 Å². The Morgan fingerprint density at radius 3 is 2.65 bits per heavy atom. The summed E-state index contributed by atoms with van der Waals surface area (Å²) in [6.45, 7) is 5.96. The van der Waals surface area contributed by atoms with E-state index in [1.807, 2.05) is 0 Å². The second-order valence-electron chi connectivity index (χ2n) is 6.79. The highest BCUT2D eigenvalue weighted by Crippen LogP contribution is 2.45. The van der Waals surface area contributed by atoms with Crippen LogP contribution in [0.15, 0.2) is 12.1 Å².